The van der Waals surface area contributed by atoms with E-state index in [1.54, 1.807) is 36.7 Å². The van der Waals surface area contributed by atoms with Crippen molar-refractivity contribution in [1.82, 2.24) is 14.8 Å². The van der Waals surface area contributed by atoms with Gasteiger partial charge in [-0.2, -0.15) is 0 Å². The number of amides is 1. The molecule has 1 aliphatic rings. The van der Waals surface area contributed by atoms with Crippen LogP contribution in [0.15, 0.2) is 48.8 Å². The Morgan fingerprint density at radius 1 is 1.23 bits per heavy atom. The van der Waals surface area contributed by atoms with Gasteiger partial charge in [-0.15, -0.1) is 0 Å². The second-order valence-corrected chi connectivity index (χ2v) is 7.09. The summed E-state index contributed by atoms with van der Waals surface area (Å²) in [6, 6.07) is 10.4. The molecule has 1 aromatic carbocycles. The standard InChI is InChI=1S/C21H26FN3O/c1-24(21(26)19-5-10-23-11-6-19)16-18-8-13-25(14-9-18)12-7-17-3-2-4-20(22)15-17/h2-6,10-11,15,18H,7-9,12-14,16H2,1H3. The topological polar surface area (TPSA) is 36.4 Å². The molecule has 2 heterocycles. The lowest BCUT2D eigenvalue weighted by Gasteiger charge is -2.34. The minimum atomic E-state index is -0.164. The number of rotatable bonds is 6. The molecule has 1 saturated heterocycles. The highest BCUT2D eigenvalue weighted by Gasteiger charge is 2.22. The van der Waals surface area contributed by atoms with E-state index in [4.69, 9.17) is 0 Å². The van der Waals surface area contributed by atoms with Crippen molar-refractivity contribution >= 4 is 5.91 Å². The molecule has 4 nitrogen and oxygen atoms in total. The first kappa shape index (κ1) is 18.5. The SMILES string of the molecule is CN(CC1CCN(CCc2cccc(F)c2)CC1)C(=O)c1ccncc1. The van der Waals surface area contributed by atoms with Gasteiger partial charge in [0.2, 0.25) is 0 Å². The fourth-order valence-corrected chi connectivity index (χ4v) is 3.56. The van der Waals surface area contributed by atoms with Gasteiger partial charge in [0.15, 0.2) is 0 Å². The normalized spacial score (nSPS) is 15.8. The van der Waals surface area contributed by atoms with Gasteiger partial charge in [0.05, 0.1) is 0 Å². The van der Waals surface area contributed by atoms with Gasteiger partial charge in [-0.25, -0.2) is 4.39 Å². The zero-order valence-corrected chi connectivity index (χ0v) is 15.3. The van der Waals surface area contributed by atoms with E-state index in [0.717, 1.165) is 51.0 Å². The summed E-state index contributed by atoms with van der Waals surface area (Å²) >= 11 is 0. The van der Waals surface area contributed by atoms with E-state index in [9.17, 15) is 9.18 Å². The van der Waals surface area contributed by atoms with E-state index in [2.05, 4.69) is 9.88 Å². The van der Waals surface area contributed by atoms with E-state index in [1.165, 1.54) is 6.07 Å². The number of benzene rings is 1. The zero-order valence-electron chi connectivity index (χ0n) is 15.3. The Bertz CT molecular complexity index is 714. The number of carbonyl (C=O) groups excluding carboxylic acids is 1. The van der Waals surface area contributed by atoms with Crippen LogP contribution in [0.5, 0.6) is 0 Å². The van der Waals surface area contributed by atoms with Crippen LogP contribution < -0.4 is 0 Å². The number of hydrogen-bond acceptors (Lipinski definition) is 3. The van der Waals surface area contributed by atoms with Gasteiger partial charge in [-0.1, -0.05) is 12.1 Å². The molecule has 0 radical (unpaired) electrons. The number of aromatic nitrogens is 1. The third-order valence-corrected chi connectivity index (χ3v) is 5.12. The number of hydrogen-bond donors (Lipinski definition) is 0. The molecule has 0 atom stereocenters. The van der Waals surface area contributed by atoms with Gasteiger partial charge in [0, 0.05) is 38.1 Å². The molecule has 0 aliphatic carbocycles. The molecule has 0 unspecified atom stereocenters. The zero-order chi connectivity index (χ0) is 18.4. The lowest BCUT2D eigenvalue weighted by molar-refractivity contribution is 0.0740. The van der Waals surface area contributed by atoms with Crippen molar-refractivity contribution in [2.24, 2.45) is 5.92 Å². The van der Waals surface area contributed by atoms with Crippen LogP contribution in [0.25, 0.3) is 0 Å². The van der Waals surface area contributed by atoms with Crippen molar-refractivity contribution in [3.8, 4) is 0 Å². The first-order valence-corrected chi connectivity index (χ1v) is 9.24. The number of likely N-dealkylation sites (tertiary alicyclic amines) is 1. The minimum Gasteiger partial charge on any atom is -0.341 e. The Balaban J connectivity index is 1.41. The highest BCUT2D eigenvalue weighted by molar-refractivity contribution is 5.93. The molecule has 1 amide bonds. The number of nitrogens with zero attached hydrogens (tertiary/aromatic N) is 3. The molecule has 138 valence electrons. The molecule has 0 N–H and O–H groups in total. The molecule has 1 aliphatic heterocycles. The Labute approximate surface area is 154 Å². The van der Waals surface area contributed by atoms with Crippen LogP contribution in [0.1, 0.15) is 28.8 Å². The van der Waals surface area contributed by atoms with Crippen molar-refractivity contribution in [2.45, 2.75) is 19.3 Å². The second kappa shape index (κ2) is 8.90. The summed E-state index contributed by atoms with van der Waals surface area (Å²) in [7, 11) is 1.87. The maximum atomic E-state index is 13.2. The van der Waals surface area contributed by atoms with Crippen molar-refractivity contribution in [3.05, 3.63) is 65.7 Å². The Hall–Kier alpha value is -2.27. The lowest BCUT2D eigenvalue weighted by Crippen LogP contribution is -2.40. The van der Waals surface area contributed by atoms with Gasteiger partial charge in [-0.05, 0) is 68.1 Å². The molecule has 26 heavy (non-hydrogen) atoms. The summed E-state index contributed by atoms with van der Waals surface area (Å²) < 4.78 is 13.2. The number of piperidine rings is 1. The first-order valence-electron chi connectivity index (χ1n) is 9.24. The third kappa shape index (κ3) is 5.11. The van der Waals surface area contributed by atoms with Gasteiger partial charge in [0.1, 0.15) is 5.82 Å². The predicted octanol–water partition coefficient (Wildman–Crippen LogP) is 3.25. The Morgan fingerprint density at radius 2 is 1.96 bits per heavy atom. The van der Waals surface area contributed by atoms with E-state index in [1.807, 2.05) is 18.0 Å². The Kier molecular flexibility index (Phi) is 6.34. The fraction of sp³-hybridized carbons (Fsp3) is 0.429. The summed E-state index contributed by atoms with van der Waals surface area (Å²) in [6.45, 7) is 3.83. The Morgan fingerprint density at radius 3 is 2.65 bits per heavy atom. The molecular formula is C21H26FN3O. The molecule has 1 aromatic heterocycles. The van der Waals surface area contributed by atoms with E-state index >= 15 is 0 Å². The lowest BCUT2D eigenvalue weighted by atomic mass is 9.95. The average Bonchev–Trinajstić information content (AvgIpc) is 2.67. The molecular weight excluding hydrogens is 329 g/mol. The number of carbonyl (C=O) groups is 1. The molecule has 1 fully saturated rings. The molecule has 3 rings (SSSR count). The molecule has 0 bridgehead atoms. The van der Waals surface area contributed by atoms with E-state index in [0.29, 0.717) is 11.5 Å². The molecule has 2 aromatic rings. The first-order chi connectivity index (χ1) is 12.6. The smallest absolute Gasteiger partial charge is 0.253 e. The van der Waals surface area contributed by atoms with Crippen LogP contribution in [0.2, 0.25) is 0 Å². The van der Waals surface area contributed by atoms with Crippen LogP contribution in [0, 0.1) is 11.7 Å². The highest BCUT2D eigenvalue weighted by Crippen LogP contribution is 2.19. The van der Waals surface area contributed by atoms with Crippen LogP contribution in [-0.4, -0.2) is 53.9 Å². The molecule has 0 saturated carbocycles. The minimum absolute atomic E-state index is 0.0564. The summed E-state index contributed by atoms with van der Waals surface area (Å²) in [5.74, 6) is 0.431. The van der Waals surface area contributed by atoms with Gasteiger partial charge < -0.3 is 9.80 Å². The van der Waals surface area contributed by atoms with Crippen molar-refractivity contribution < 1.29 is 9.18 Å². The average molecular weight is 355 g/mol. The fourth-order valence-electron chi connectivity index (χ4n) is 3.56. The number of halogens is 1. The van der Waals surface area contributed by atoms with Crippen LogP contribution in [-0.2, 0) is 6.42 Å². The number of pyridine rings is 1. The summed E-state index contributed by atoms with van der Waals surface area (Å²) in [5.41, 5.74) is 1.74. The summed E-state index contributed by atoms with van der Waals surface area (Å²) in [6.07, 6.45) is 6.37. The maximum Gasteiger partial charge on any atom is 0.253 e. The van der Waals surface area contributed by atoms with Gasteiger partial charge in [-0.3, -0.25) is 9.78 Å². The van der Waals surface area contributed by atoms with Gasteiger partial charge >= 0.3 is 0 Å². The van der Waals surface area contributed by atoms with E-state index in [-0.39, 0.29) is 11.7 Å². The molecule has 0 spiro atoms. The quantitative estimate of drug-likeness (QED) is 0.798. The van der Waals surface area contributed by atoms with Crippen molar-refractivity contribution in [3.63, 3.8) is 0 Å². The van der Waals surface area contributed by atoms with Crippen molar-refractivity contribution in [2.75, 3.05) is 33.2 Å². The summed E-state index contributed by atoms with van der Waals surface area (Å²) in [4.78, 5) is 20.6. The van der Waals surface area contributed by atoms with Crippen molar-refractivity contribution in [1.29, 1.82) is 0 Å². The van der Waals surface area contributed by atoms with Crippen LogP contribution in [0.4, 0.5) is 4.39 Å². The largest absolute Gasteiger partial charge is 0.341 e. The monoisotopic (exact) mass is 355 g/mol. The highest BCUT2D eigenvalue weighted by atomic mass is 19.1. The van der Waals surface area contributed by atoms with Crippen LogP contribution >= 0.6 is 0 Å². The van der Waals surface area contributed by atoms with Crippen LogP contribution in [0.3, 0.4) is 0 Å². The summed E-state index contributed by atoms with van der Waals surface area (Å²) in [5, 5.41) is 0. The maximum absolute atomic E-state index is 13.2. The van der Waals surface area contributed by atoms with E-state index < -0.39 is 0 Å². The third-order valence-electron chi connectivity index (χ3n) is 5.12. The van der Waals surface area contributed by atoms with Gasteiger partial charge in [0.25, 0.3) is 5.91 Å². The molecule has 5 heteroatoms. The second-order valence-electron chi connectivity index (χ2n) is 7.09. The predicted molar refractivity (Wildman–Crippen MR) is 100 cm³/mol.